The van der Waals surface area contributed by atoms with E-state index in [0.717, 1.165) is 0 Å². The van der Waals surface area contributed by atoms with Crippen LogP contribution in [0.3, 0.4) is 0 Å². The second kappa shape index (κ2) is 7.15. The Balaban J connectivity index is 2.21. The first-order valence-electron chi connectivity index (χ1n) is 8.27. The number of halogens is 1. The zero-order valence-corrected chi connectivity index (χ0v) is 15.5. The Morgan fingerprint density at radius 1 is 1.24 bits per heavy atom. The van der Waals surface area contributed by atoms with Crippen LogP contribution in [0.15, 0.2) is 22.7 Å². The highest BCUT2D eigenvalue weighted by molar-refractivity contribution is 9.10. The summed E-state index contributed by atoms with van der Waals surface area (Å²) in [5.41, 5.74) is 3.38. The first kappa shape index (κ1) is 16.8. The average Bonchev–Trinajstić information content (AvgIpc) is 2.54. The lowest BCUT2D eigenvalue weighted by Gasteiger charge is -2.43. The van der Waals surface area contributed by atoms with Crippen LogP contribution < -0.4 is 10.2 Å². The molecular formula is C18H29BrN2. The van der Waals surface area contributed by atoms with Crippen molar-refractivity contribution in [1.82, 2.24) is 5.32 Å². The van der Waals surface area contributed by atoms with Crippen molar-refractivity contribution in [3.8, 4) is 0 Å². The fourth-order valence-corrected chi connectivity index (χ4v) is 3.84. The van der Waals surface area contributed by atoms with Gasteiger partial charge in [0, 0.05) is 29.3 Å². The van der Waals surface area contributed by atoms with Crippen LogP contribution in [0, 0.1) is 5.41 Å². The van der Waals surface area contributed by atoms with Crippen molar-refractivity contribution in [1.29, 1.82) is 0 Å². The summed E-state index contributed by atoms with van der Waals surface area (Å²) in [6.07, 6.45) is 5.27. The molecule has 0 aliphatic carbocycles. The largest absolute Gasteiger partial charge is 0.371 e. The van der Waals surface area contributed by atoms with Crippen molar-refractivity contribution in [3.05, 3.63) is 28.2 Å². The van der Waals surface area contributed by atoms with E-state index in [4.69, 9.17) is 0 Å². The Kier molecular flexibility index (Phi) is 5.73. The van der Waals surface area contributed by atoms with Crippen molar-refractivity contribution < 1.29 is 0 Å². The average molecular weight is 353 g/mol. The molecule has 1 heterocycles. The van der Waals surface area contributed by atoms with Gasteiger partial charge >= 0.3 is 0 Å². The molecule has 3 heteroatoms. The quantitative estimate of drug-likeness (QED) is 0.789. The number of anilines is 1. The van der Waals surface area contributed by atoms with Gasteiger partial charge in [0.1, 0.15) is 0 Å². The Hall–Kier alpha value is -0.540. The Bertz CT molecular complexity index is 458. The summed E-state index contributed by atoms with van der Waals surface area (Å²) in [6.45, 7) is 9.31. The molecule has 1 aliphatic heterocycles. The third-order valence-corrected chi connectivity index (χ3v) is 6.05. The van der Waals surface area contributed by atoms with Crippen molar-refractivity contribution in [2.24, 2.45) is 5.41 Å². The molecule has 21 heavy (non-hydrogen) atoms. The van der Waals surface area contributed by atoms with Gasteiger partial charge in [-0.1, -0.05) is 48.7 Å². The minimum absolute atomic E-state index is 0.386. The smallest absolute Gasteiger partial charge is 0.0425 e. The molecule has 118 valence electrons. The molecule has 2 rings (SSSR count). The van der Waals surface area contributed by atoms with Gasteiger partial charge in [0.05, 0.1) is 0 Å². The molecule has 1 aromatic carbocycles. The monoisotopic (exact) mass is 352 g/mol. The van der Waals surface area contributed by atoms with Crippen LogP contribution in [-0.4, -0.2) is 20.1 Å². The van der Waals surface area contributed by atoms with Gasteiger partial charge in [0.2, 0.25) is 0 Å². The van der Waals surface area contributed by atoms with E-state index in [9.17, 15) is 0 Å². The van der Waals surface area contributed by atoms with Crippen LogP contribution in [0.2, 0.25) is 0 Å². The molecular weight excluding hydrogens is 324 g/mol. The first-order chi connectivity index (χ1) is 10.0. The van der Waals surface area contributed by atoms with E-state index in [1.165, 1.54) is 54.5 Å². The number of rotatable bonds is 5. The van der Waals surface area contributed by atoms with Crippen molar-refractivity contribution >= 4 is 21.6 Å². The fraction of sp³-hybridized carbons (Fsp3) is 0.667. The molecule has 1 N–H and O–H groups in total. The fourth-order valence-electron chi connectivity index (χ4n) is 3.49. The van der Waals surface area contributed by atoms with Crippen molar-refractivity contribution in [2.75, 3.05) is 25.0 Å². The topological polar surface area (TPSA) is 15.3 Å². The first-order valence-corrected chi connectivity index (χ1v) is 9.06. The van der Waals surface area contributed by atoms with Crippen LogP contribution in [0.25, 0.3) is 0 Å². The summed E-state index contributed by atoms with van der Waals surface area (Å²) < 4.78 is 1.17. The van der Waals surface area contributed by atoms with E-state index in [1.54, 1.807) is 0 Å². The molecule has 0 saturated carbocycles. The lowest BCUT2D eigenvalue weighted by Crippen LogP contribution is -2.40. The number of hydrogen-bond acceptors (Lipinski definition) is 2. The molecule has 2 nitrogen and oxygen atoms in total. The molecule has 1 atom stereocenters. The normalized spacial score (nSPS) is 19.6. The number of nitrogens with one attached hydrogen (secondary N) is 1. The van der Waals surface area contributed by atoms with Gasteiger partial charge in [-0.25, -0.2) is 0 Å². The maximum Gasteiger partial charge on any atom is 0.0425 e. The molecule has 0 aromatic heterocycles. The Morgan fingerprint density at radius 3 is 2.38 bits per heavy atom. The molecule has 0 radical (unpaired) electrons. The van der Waals surface area contributed by atoms with Gasteiger partial charge in [0.15, 0.2) is 0 Å². The van der Waals surface area contributed by atoms with Gasteiger partial charge in [-0.2, -0.15) is 0 Å². The number of hydrogen-bond donors (Lipinski definition) is 1. The molecule has 0 spiro atoms. The zero-order valence-electron chi connectivity index (χ0n) is 13.9. The van der Waals surface area contributed by atoms with Crippen molar-refractivity contribution in [2.45, 2.75) is 52.5 Å². The van der Waals surface area contributed by atoms with Gasteiger partial charge in [-0.05, 0) is 49.9 Å². The van der Waals surface area contributed by atoms with E-state index in [2.05, 4.69) is 65.1 Å². The van der Waals surface area contributed by atoms with Crippen LogP contribution in [0.5, 0.6) is 0 Å². The number of benzene rings is 1. The SMILES string of the molecule is CCC1(CC)CCN(c2cc(Br)ccc2C(C)NC)CC1. The van der Waals surface area contributed by atoms with Gasteiger partial charge in [-0.3, -0.25) is 0 Å². The zero-order chi connectivity index (χ0) is 15.5. The third-order valence-electron chi connectivity index (χ3n) is 5.56. The number of nitrogens with zero attached hydrogens (tertiary/aromatic N) is 1. The van der Waals surface area contributed by atoms with E-state index < -0.39 is 0 Å². The molecule has 1 unspecified atom stereocenters. The molecule has 1 saturated heterocycles. The van der Waals surface area contributed by atoms with Crippen LogP contribution in [-0.2, 0) is 0 Å². The van der Waals surface area contributed by atoms with Gasteiger partial charge < -0.3 is 10.2 Å². The number of piperidine rings is 1. The summed E-state index contributed by atoms with van der Waals surface area (Å²) in [4.78, 5) is 2.58. The minimum atomic E-state index is 0.386. The standard InChI is InChI=1S/C18H29BrN2/c1-5-18(6-2)9-11-21(12-10-18)17-13-15(19)7-8-16(17)14(3)20-4/h7-8,13-14,20H,5-6,9-12H2,1-4H3. The van der Waals surface area contributed by atoms with E-state index in [1.807, 2.05) is 7.05 Å². The lowest BCUT2D eigenvalue weighted by atomic mass is 9.74. The summed E-state index contributed by atoms with van der Waals surface area (Å²) in [5, 5.41) is 3.38. The van der Waals surface area contributed by atoms with Crippen LogP contribution in [0.4, 0.5) is 5.69 Å². The Morgan fingerprint density at radius 2 is 1.86 bits per heavy atom. The van der Waals surface area contributed by atoms with Crippen molar-refractivity contribution in [3.63, 3.8) is 0 Å². The van der Waals surface area contributed by atoms with E-state index in [-0.39, 0.29) is 0 Å². The van der Waals surface area contributed by atoms with Gasteiger partial charge in [-0.15, -0.1) is 0 Å². The molecule has 0 amide bonds. The predicted molar refractivity (Wildman–Crippen MR) is 96.1 cm³/mol. The maximum atomic E-state index is 3.64. The van der Waals surface area contributed by atoms with Crippen LogP contribution >= 0.6 is 15.9 Å². The second-order valence-electron chi connectivity index (χ2n) is 6.41. The van der Waals surface area contributed by atoms with E-state index >= 15 is 0 Å². The highest BCUT2D eigenvalue weighted by Crippen LogP contribution is 2.40. The highest BCUT2D eigenvalue weighted by atomic mass is 79.9. The summed E-state index contributed by atoms with van der Waals surface area (Å²) in [6, 6.07) is 7.08. The predicted octanol–water partition coefficient (Wildman–Crippen LogP) is 5.14. The highest BCUT2D eigenvalue weighted by Gasteiger charge is 2.32. The lowest BCUT2D eigenvalue weighted by molar-refractivity contribution is 0.199. The van der Waals surface area contributed by atoms with Gasteiger partial charge in [0.25, 0.3) is 0 Å². The van der Waals surface area contributed by atoms with Crippen LogP contribution in [0.1, 0.15) is 58.1 Å². The van der Waals surface area contributed by atoms with E-state index in [0.29, 0.717) is 11.5 Å². The molecule has 0 bridgehead atoms. The maximum absolute atomic E-state index is 3.64. The summed E-state index contributed by atoms with van der Waals surface area (Å²) in [5.74, 6) is 0. The third kappa shape index (κ3) is 3.62. The second-order valence-corrected chi connectivity index (χ2v) is 7.32. The Labute approximate surface area is 138 Å². The molecule has 1 aliphatic rings. The molecule has 1 aromatic rings. The summed E-state index contributed by atoms with van der Waals surface area (Å²) in [7, 11) is 2.03. The minimum Gasteiger partial charge on any atom is -0.371 e. The summed E-state index contributed by atoms with van der Waals surface area (Å²) >= 11 is 3.64. The molecule has 1 fully saturated rings.